The van der Waals surface area contributed by atoms with Crippen LogP contribution >= 0.6 is 0 Å². The lowest BCUT2D eigenvalue weighted by Gasteiger charge is -2.26. The number of nitrogens with one attached hydrogen (secondary N) is 4. The highest BCUT2D eigenvalue weighted by Gasteiger charge is 2.31. The molecule has 1 aromatic heterocycles. The van der Waals surface area contributed by atoms with Gasteiger partial charge in [-0.2, -0.15) is 0 Å². The van der Waals surface area contributed by atoms with Crippen molar-refractivity contribution in [2.75, 3.05) is 0 Å². The van der Waals surface area contributed by atoms with Crippen LogP contribution in [-0.4, -0.2) is 57.9 Å². The van der Waals surface area contributed by atoms with Crippen LogP contribution in [0.4, 0.5) is 0 Å². The van der Waals surface area contributed by atoms with E-state index in [-0.39, 0.29) is 31.1 Å². The zero-order valence-corrected chi connectivity index (χ0v) is 24.0. The molecule has 0 spiro atoms. The van der Waals surface area contributed by atoms with Gasteiger partial charge in [0.05, 0.1) is 6.04 Å². The lowest BCUT2D eigenvalue weighted by molar-refractivity contribution is -0.142. The molecule has 0 saturated heterocycles. The van der Waals surface area contributed by atoms with Crippen molar-refractivity contribution in [1.82, 2.24) is 20.9 Å². The summed E-state index contributed by atoms with van der Waals surface area (Å²) in [5.74, 6) is -2.95. The molecule has 0 aliphatic carbocycles. The highest BCUT2D eigenvalue weighted by Crippen LogP contribution is 2.19. The standard InChI is InChI=1S/C31H41N5O5/c1-18(2)14-26(31(40)41)36-28(37)24(15-20-10-6-5-7-11-20)34-29(38)25(35-30(39)27(32)19(3)4)16-21-17-33-23-13-9-8-12-22(21)23/h5-13,17-19,24-27,33H,14-16,32H2,1-4H3,(H,34,38)(H,35,39)(H,36,37)(H,40,41). The van der Waals surface area contributed by atoms with Gasteiger partial charge in [0.25, 0.3) is 0 Å². The van der Waals surface area contributed by atoms with Crippen molar-refractivity contribution in [3.8, 4) is 0 Å². The third kappa shape index (κ3) is 8.91. The van der Waals surface area contributed by atoms with E-state index in [2.05, 4.69) is 20.9 Å². The summed E-state index contributed by atoms with van der Waals surface area (Å²) in [5.41, 5.74) is 8.56. The largest absolute Gasteiger partial charge is 0.480 e. The number of aliphatic carboxylic acids is 1. The minimum absolute atomic E-state index is 0.0273. The van der Waals surface area contributed by atoms with Gasteiger partial charge in [-0.3, -0.25) is 14.4 Å². The van der Waals surface area contributed by atoms with E-state index in [4.69, 9.17) is 5.73 Å². The first-order valence-electron chi connectivity index (χ1n) is 13.9. The Bertz CT molecular complexity index is 1340. The van der Waals surface area contributed by atoms with E-state index < -0.39 is 47.9 Å². The van der Waals surface area contributed by atoms with Crippen molar-refractivity contribution < 1.29 is 24.3 Å². The van der Waals surface area contributed by atoms with Crippen molar-refractivity contribution in [3.63, 3.8) is 0 Å². The van der Waals surface area contributed by atoms with Gasteiger partial charge < -0.3 is 31.8 Å². The number of aromatic amines is 1. The second kappa shape index (κ2) is 14.5. The van der Waals surface area contributed by atoms with Crippen LogP contribution in [0.25, 0.3) is 10.9 Å². The maximum Gasteiger partial charge on any atom is 0.326 e. The molecule has 1 heterocycles. The molecular formula is C31H41N5O5. The molecule has 7 N–H and O–H groups in total. The Morgan fingerprint density at radius 1 is 0.780 bits per heavy atom. The molecule has 4 unspecified atom stereocenters. The molecule has 10 heteroatoms. The smallest absolute Gasteiger partial charge is 0.326 e. The highest BCUT2D eigenvalue weighted by molar-refractivity contribution is 5.95. The van der Waals surface area contributed by atoms with E-state index in [0.29, 0.717) is 0 Å². The molecule has 0 radical (unpaired) electrons. The maximum absolute atomic E-state index is 13.8. The first kappa shape index (κ1) is 31.3. The third-order valence-electron chi connectivity index (χ3n) is 6.99. The summed E-state index contributed by atoms with van der Waals surface area (Å²) in [6, 6.07) is 12.7. The van der Waals surface area contributed by atoms with E-state index in [1.165, 1.54) is 0 Å². The number of hydrogen-bond donors (Lipinski definition) is 6. The molecule has 3 aromatic rings. The number of nitrogens with two attached hydrogens (primary N) is 1. The predicted octanol–water partition coefficient (Wildman–Crippen LogP) is 2.52. The summed E-state index contributed by atoms with van der Waals surface area (Å²) in [5, 5.41) is 18.7. The minimum Gasteiger partial charge on any atom is -0.480 e. The van der Waals surface area contributed by atoms with Crippen LogP contribution in [0.5, 0.6) is 0 Å². The van der Waals surface area contributed by atoms with Crippen LogP contribution in [0.15, 0.2) is 60.8 Å². The summed E-state index contributed by atoms with van der Waals surface area (Å²) in [6.45, 7) is 7.36. The third-order valence-corrected chi connectivity index (χ3v) is 6.99. The number of H-pyrrole nitrogens is 1. The first-order chi connectivity index (χ1) is 19.5. The maximum atomic E-state index is 13.8. The molecule has 0 saturated carbocycles. The molecule has 0 bridgehead atoms. The normalized spacial score (nSPS) is 14.3. The molecule has 220 valence electrons. The number of amides is 3. The molecule has 2 aromatic carbocycles. The first-order valence-corrected chi connectivity index (χ1v) is 13.9. The summed E-state index contributed by atoms with van der Waals surface area (Å²) in [6.07, 6.45) is 2.30. The number of benzene rings is 2. The van der Waals surface area contributed by atoms with Crippen molar-refractivity contribution in [2.24, 2.45) is 17.6 Å². The zero-order chi connectivity index (χ0) is 30.1. The second-order valence-electron chi connectivity index (χ2n) is 11.2. The van der Waals surface area contributed by atoms with Crippen LogP contribution in [0.3, 0.4) is 0 Å². The molecule has 41 heavy (non-hydrogen) atoms. The van der Waals surface area contributed by atoms with Gasteiger partial charge in [-0.15, -0.1) is 0 Å². The average molecular weight is 564 g/mol. The van der Waals surface area contributed by atoms with E-state index in [1.807, 2.05) is 82.3 Å². The molecule has 0 aliphatic heterocycles. The Labute approximate surface area is 240 Å². The van der Waals surface area contributed by atoms with E-state index >= 15 is 0 Å². The number of carbonyl (C=O) groups excluding carboxylic acids is 3. The Morgan fingerprint density at radius 3 is 1.95 bits per heavy atom. The van der Waals surface area contributed by atoms with Crippen molar-refractivity contribution >= 4 is 34.6 Å². The summed E-state index contributed by atoms with van der Waals surface area (Å²) >= 11 is 0. The molecule has 3 amide bonds. The number of fused-ring (bicyclic) bond motifs is 1. The van der Waals surface area contributed by atoms with Crippen molar-refractivity contribution in [3.05, 3.63) is 71.9 Å². The van der Waals surface area contributed by atoms with Gasteiger partial charge in [0.1, 0.15) is 18.1 Å². The van der Waals surface area contributed by atoms with E-state index in [9.17, 15) is 24.3 Å². The summed E-state index contributed by atoms with van der Waals surface area (Å²) in [7, 11) is 0. The molecule has 4 atom stereocenters. The Balaban J connectivity index is 1.89. The van der Waals surface area contributed by atoms with Gasteiger partial charge in [0, 0.05) is 29.9 Å². The topological polar surface area (TPSA) is 166 Å². The number of carboxylic acid groups (broad SMARTS) is 1. The van der Waals surface area contributed by atoms with Gasteiger partial charge >= 0.3 is 5.97 Å². The van der Waals surface area contributed by atoms with Gasteiger partial charge in [0.2, 0.25) is 17.7 Å². The Morgan fingerprint density at radius 2 is 1.34 bits per heavy atom. The number of hydrogen-bond acceptors (Lipinski definition) is 5. The van der Waals surface area contributed by atoms with Gasteiger partial charge in [-0.25, -0.2) is 4.79 Å². The van der Waals surface area contributed by atoms with Crippen LogP contribution < -0.4 is 21.7 Å². The molecule has 0 fully saturated rings. The number of carbonyl (C=O) groups is 4. The molecule has 10 nitrogen and oxygen atoms in total. The fourth-order valence-electron chi connectivity index (χ4n) is 4.60. The average Bonchev–Trinajstić information content (AvgIpc) is 3.34. The van der Waals surface area contributed by atoms with Crippen LogP contribution in [0.1, 0.15) is 45.2 Å². The quantitative estimate of drug-likeness (QED) is 0.176. The number of aromatic nitrogens is 1. The zero-order valence-electron chi connectivity index (χ0n) is 24.0. The Hall–Kier alpha value is -4.18. The molecule has 3 rings (SSSR count). The van der Waals surface area contributed by atoms with Crippen molar-refractivity contribution in [2.45, 2.75) is 71.1 Å². The fraction of sp³-hybridized carbons (Fsp3) is 0.419. The van der Waals surface area contributed by atoms with Gasteiger partial charge in [-0.1, -0.05) is 76.2 Å². The number of carboxylic acids is 1. The Kier molecular flexibility index (Phi) is 11.0. The molecular weight excluding hydrogens is 522 g/mol. The second-order valence-corrected chi connectivity index (χ2v) is 11.2. The SMILES string of the molecule is CC(C)CC(NC(=O)C(Cc1ccccc1)NC(=O)C(Cc1c[nH]c2ccccc12)NC(=O)C(N)C(C)C)C(=O)O. The monoisotopic (exact) mass is 563 g/mol. The van der Waals surface area contributed by atoms with E-state index in [1.54, 1.807) is 6.20 Å². The number of rotatable bonds is 14. The van der Waals surface area contributed by atoms with Crippen LogP contribution in [-0.2, 0) is 32.0 Å². The number of para-hydroxylation sites is 1. The lowest BCUT2D eigenvalue weighted by atomic mass is 9.99. The summed E-state index contributed by atoms with van der Waals surface area (Å²) in [4.78, 5) is 55.2. The van der Waals surface area contributed by atoms with E-state index in [0.717, 1.165) is 22.0 Å². The fourth-order valence-corrected chi connectivity index (χ4v) is 4.60. The lowest BCUT2D eigenvalue weighted by Crippen LogP contribution is -2.58. The van der Waals surface area contributed by atoms with Crippen molar-refractivity contribution in [1.29, 1.82) is 0 Å². The minimum atomic E-state index is -1.15. The van der Waals surface area contributed by atoms with Crippen LogP contribution in [0, 0.1) is 11.8 Å². The van der Waals surface area contributed by atoms with Gasteiger partial charge in [-0.05, 0) is 35.4 Å². The highest BCUT2D eigenvalue weighted by atomic mass is 16.4. The predicted molar refractivity (Wildman–Crippen MR) is 158 cm³/mol. The summed E-state index contributed by atoms with van der Waals surface area (Å²) < 4.78 is 0. The van der Waals surface area contributed by atoms with Gasteiger partial charge in [0.15, 0.2) is 0 Å². The molecule has 0 aliphatic rings. The van der Waals surface area contributed by atoms with Crippen LogP contribution in [0.2, 0.25) is 0 Å².